The monoisotopic (exact) mass is 291 g/mol. The smallest absolute Gasteiger partial charge is 0.248 e. The molecule has 1 aromatic carbocycles. The maximum atomic E-state index is 11.8. The summed E-state index contributed by atoms with van der Waals surface area (Å²) in [6.07, 6.45) is 4.71. The maximum Gasteiger partial charge on any atom is 0.248 e. The van der Waals surface area contributed by atoms with Gasteiger partial charge in [-0.05, 0) is 37.3 Å². The van der Waals surface area contributed by atoms with Gasteiger partial charge >= 0.3 is 0 Å². The normalized spacial score (nSPS) is 10.9. The summed E-state index contributed by atoms with van der Waals surface area (Å²) in [5.41, 5.74) is 1.11. The number of nitrogens with zero attached hydrogens (tertiary/aromatic N) is 2. The molecule has 0 saturated heterocycles. The van der Waals surface area contributed by atoms with Crippen LogP contribution in [-0.4, -0.2) is 20.8 Å². The molecule has 0 spiro atoms. The Morgan fingerprint density at radius 2 is 2.30 bits per heavy atom. The number of aryl methyl sites for hydroxylation is 1. The van der Waals surface area contributed by atoms with Gasteiger partial charge in [-0.1, -0.05) is 11.6 Å². The summed E-state index contributed by atoms with van der Waals surface area (Å²) in [4.78, 5) is 11.8. The van der Waals surface area contributed by atoms with Crippen molar-refractivity contribution in [1.82, 2.24) is 9.78 Å². The first-order valence-electron chi connectivity index (χ1n) is 6.09. The number of hydrogen-bond donors (Lipinski definition) is 2. The fourth-order valence-corrected chi connectivity index (χ4v) is 1.86. The van der Waals surface area contributed by atoms with Crippen molar-refractivity contribution in [2.24, 2.45) is 0 Å². The second-order valence-corrected chi connectivity index (χ2v) is 4.49. The van der Waals surface area contributed by atoms with Gasteiger partial charge in [-0.2, -0.15) is 5.10 Å². The van der Waals surface area contributed by atoms with E-state index in [-0.39, 0.29) is 17.3 Å². The summed E-state index contributed by atoms with van der Waals surface area (Å²) in [5.74, 6) is -0.388. The number of hydrogen-bond acceptors (Lipinski definition) is 3. The minimum atomic E-state index is -0.355. The summed E-state index contributed by atoms with van der Waals surface area (Å²) in [6, 6.07) is 6.26. The highest BCUT2D eigenvalue weighted by Crippen LogP contribution is 2.26. The lowest BCUT2D eigenvalue weighted by molar-refractivity contribution is -0.111. The number of rotatable bonds is 4. The summed E-state index contributed by atoms with van der Waals surface area (Å²) >= 11 is 5.81. The second-order valence-electron chi connectivity index (χ2n) is 4.06. The highest BCUT2D eigenvalue weighted by Gasteiger charge is 2.05. The molecule has 20 heavy (non-hydrogen) atoms. The second kappa shape index (κ2) is 6.25. The van der Waals surface area contributed by atoms with Crippen molar-refractivity contribution >= 4 is 29.3 Å². The van der Waals surface area contributed by atoms with Crippen molar-refractivity contribution in [3.05, 3.63) is 47.3 Å². The van der Waals surface area contributed by atoms with Crippen LogP contribution in [0, 0.1) is 0 Å². The topological polar surface area (TPSA) is 67.2 Å². The molecular weight excluding hydrogens is 278 g/mol. The molecule has 0 bridgehead atoms. The number of amides is 1. The fourth-order valence-electron chi connectivity index (χ4n) is 1.69. The SMILES string of the molecule is CCn1nccc1/C=C/C(=O)Nc1cc(Cl)ccc1O. The molecule has 0 aliphatic rings. The molecule has 0 saturated carbocycles. The average Bonchev–Trinajstić information content (AvgIpc) is 2.88. The van der Waals surface area contributed by atoms with E-state index in [4.69, 9.17) is 11.6 Å². The minimum absolute atomic E-state index is 0.0326. The van der Waals surface area contributed by atoms with Gasteiger partial charge in [0, 0.05) is 23.8 Å². The van der Waals surface area contributed by atoms with Gasteiger partial charge in [0.2, 0.25) is 5.91 Å². The van der Waals surface area contributed by atoms with E-state index >= 15 is 0 Å². The number of aromatic nitrogens is 2. The average molecular weight is 292 g/mol. The Morgan fingerprint density at radius 1 is 1.50 bits per heavy atom. The first-order valence-corrected chi connectivity index (χ1v) is 6.47. The van der Waals surface area contributed by atoms with E-state index in [0.29, 0.717) is 5.02 Å². The highest BCUT2D eigenvalue weighted by atomic mass is 35.5. The molecule has 5 nitrogen and oxygen atoms in total. The van der Waals surface area contributed by atoms with Crippen LogP contribution in [0.5, 0.6) is 5.75 Å². The van der Waals surface area contributed by atoms with Gasteiger partial charge in [0.1, 0.15) is 5.75 Å². The Morgan fingerprint density at radius 3 is 3.05 bits per heavy atom. The molecule has 104 valence electrons. The molecule has 6 heteroatoms. The largest absolute Gasteiger partial charge is 0.506 e. The van der Waals surface area contributed by atoms with Crippen LogP contribution in [0.15, 0.2) is 36.5 Å². The number of carbonyl (C=O) groups is 1. The highest BCUT2D eigenvalue weighted by molar-refractivity contribution is 6.31. The molecule has 1 aromatic heterocycles. The minimum Gasteiger partial charge on any atom is -0.506 e. The zero-order valence-electron chi connectivity index (χ0n) is 10.9. The van der Waals surface area contributed by atoms with Crippen LogP contribution >= 0.6 is 11.6 Å². The Balaban J connectivity index is 2.07. The molecule has 0 radical (unpaired) electrons. The number of anilines is 1. The first-order chi connectivity index (χ1) is 9.60. The third kappa shape index (κ3) is 3.39. The zero-order chi connectivity index (χ0) is 14.5. The van der Waals surface area contributed by atoms with E-state index in [0.717, 1.165) is 12.2 Å². The van der Waals surface area contributed by atoms with E-state index in [1.807, 2.05) is 13.0 Å². The van der Waals surface area contributed by atoms with Gasteiger partial charge in [-0.15, -0.1) is 0 Å². The zero-order valence-corrected chi connectivity index (χ0v) is 11.6. The van der Waals surface area contributed by atoms with Crippen molar-refractivity contribution in [3.8, 4) is 5.75 Å². The molecular formula is C14H14ClN3O2. The lowest BCUT2D eigenvalue weighted by Gasteiger charge is -2.05. The van der Waals surface area contributed by atoms with Gasteiger partial charge in [0.25, 0.3) is 0 Å². The molecule has 2 N–H and O–H groups in total. The predicted molar refractivity (Wildman–Crippen MR) is 78.7 cm³/mol. The van der Waals surface area contributed by atoms with E-state index in [1.165, 1.54) is 18.2 Å². The summed E-state index contributed by atoms with van der Waals surface area (Å²) in [7, 11) is 0. The van der Waals surface area contributed by atoms with Crippen molar-refractivity contribution in [3.63, 3.8) is 0 Å². The quantitative estimate of drug-likeness (QED) is 0.672. The van der Waals surface area contributed by atoms with Crippen molar-refractivity contribution in [1.29, 1.82) is 0 Å². The van der Waals surface area contributed by atoms with Gasteiger partial charge < -0.3 is 10.4 Å². The molecule has 0 unspecified atom stereocenters. The van der Waals surface area contributed by atoms with Crippen LogP contribution in [-0.2, 0) is 11.3 Å². The summed E-state index contributed by atoms with van der Waals surface area (Å²) in [5, 5.41) is 16.7. The van der Waals surface area contributed by atoms with Gasteiger partial charge in [0.05, 0.1) is 11.4 Å². The Labute approximate surface area is 121 Å². The van der Waals surface area contributed by atoms with E-state index in [2.05, 4.69) is 10.4 Å². The number of carbonyl (C=O) groups excluding carboxylic acids is 1. The number of phenolic OH excluding ortho intramolecular Hbond substituents is 1. The third-order valence-corrected chi connectivity index (χ3v) is 2.91. The Hall–Kier alpha value is -2.27. The fraction of sp³-hybridized carbons (Fsp3) is 0.143. The Kier molecular flexibility index (Phi) is 4.42. The lowest BCUT2D eigenvalue weighted by Crippen LogP contribution is -2.08. The van der Waals surface area contributed by atoms with Crippen LogP contribution in [0.1, 0.15) is 12.6 Å². The van der Waals surface area contributed by atoms with E-state index in [9.17, 15) is 9.90 Å². The number of benzene rings is 1. The molecule has 1 heterocycles. The number of halogens is 1. The number of nitrogens with one attached hydrogen (secondary N) is 1. The third-order valence-electron chi connectivity index (χ3n) is 2.67. The summed E-state index contributed by atoms with van der Waals surface area (Å²) < 4.78 is 1.76. The predicted octanol–water partition coefficient (Wildman–Crippen LogP) is 2.91. The van der Waals surface area contributed by atoms with E-state index in [1.54, 1.807) is 23.0 Å². The molecule has 0 aliphatic carbocycles. The number of aromatic hydroxyl groups is 1. The van der Waals surface area contributed by atoms with Crippen LogP contribution in [0.25, 0.3) is 6.08 Å². The molecule has 2 aromatic rings. The lowest BCUT2D eigenvalue weighted by atomic mass is 10.3. The van der Waals surface area contributed by atoms with Crippen molar-refractivity contribution in [2.45, 2.75) is 13.5 Å². The van der Waals surface area contributed by atoms with Crippen molar-refractivity contribution in [2.75, 3.05) is 5.32 Å². The molecule has 2 rings (SSSR count). The maximum absolute atomic E-state index is 11.8. The standard InChI is InChI=1S/C14H14ClN3O2/c1-2-18-11(7-8-16-18)4-6-14(20)17-12-9-10(15)3-5-13(12)19/h3-9,19H,2H2,1H3,(H,17,20)/b6-4+. The van der Waals surface area contributed by atoms with Gasteiger partial charge in [0.15, 0.2) is 0 Å². The van der Waals surface area contributed by atoms with Crippen LogP contribution < -0.4 is 5.32 Å². The van der Waals surface area contributed by atoms with Crippen LogP contribution in [0.2, 0.25) is 5.02 Å². The summed E-state index contributed by atoms with van der Waals surface area (Å²) in [6.45, 7) is 2.69. The van der Waals surface area contributed by atoms with Crippen LogP contribution in [0.3, 0.4) is 0 Å². The molecule has 0 atom stereocenters. The van der Waals surface area contributed by atoms with Crippen molar-refractivity contribution < 1.29 is 9.90 Å². The first kappa shape index (κ1) is 14.1. The van der Waals surface area contributed by atoms with Crippen LogP contribution in [0.4, 0.5) is 5.69 Å². The molecule has 0 aliphatic heterocycles. The van der Waals surface area contributed by atoms with Gasteiger partial charge in [-0.25, -0.2) is 0 Å². The molecule has 0 fully saturated rings. The Bertz CT molecular complexity index is 650. The van der Waals surface area contributed by atoms with Gasteiger partial charge in [-0.3, -0.25) is 9.48 Å². The molecule has 1 amide bonds. The van der Waals surface area contributed by atoms with E-state index < -0.39 is 0 Å². The number of phenols is 1.